The minimum absolute atomic E-state index is 1.38. The molecule has 0 spiro atoms. The third-order valence-corrected chi connectivity index (χ3v) is 3.41. The van der Waals surface area contributed by atoms with E-state index in [9.17, 15) is 0 Å². The van der Waals surface area contributed by atoms with Crippen LogP contribution in [0.15, 0.2) is 0 Å². The van der Waals surface area contributed by atoms with Crippen LogP contribution in [0.3, 0.4) is 0 Å². The summed E-state index contributed by atoms with van der Waals surface area (Å²) >= 11 is 1.41. The summed E-state index contributed by atoms with van der Waals surface area (Å²) in [5, 5.41) is 13.6. The molecule has 0 heterocycles. The minimum Gasteiger partial charge on any atom is -0.328 e. The summed E-state index contributed by atoms with van der Waals surface area (Å²) in [5.74, 6) is 0. The van der Waals surface area contributed by atoms with Crippen LogP contribution in [0.25, 0.3) is 0 Å². The molecule has 0 bridgehead atoms. The second kappa shape index (κ2) is 18.6. The molecule has 0 unspecified atom stereocenters. The van der Waals surface area contributed by atoms with Gasteiger partial charge in [-0.1, -0.05) is 0 Å². The summed E-state index contributed by atoms with van der Waals surface area (Å²) in [5.41, 5.74) is 0. The maximum Gasteiger partial charge on any atom is 0.291 e. The van der Waals surface area contributed by atoms with Crippen molar-refractivity contribution >= 4 is 27.9 Å². The molecule has 0 aliphatic rings. The molecule has 0 fully saturated rings. The summed E-state index contributed by atoms with van der Waals surface area (Å²) < 4.78 is 1.51. The Morgan fingerprint density at radius 3 is 1.53 bits per heavy atom. The fourth-order valence-corrected chi connectivity index (χ4v) is 2.24. The molecule has 17 heavy (non-hydrogen) atoms. The van der Waals surface area contributed by atoms with Crippen LogP contribution in [-0.4, -0.2) is 38.2 Å². The zero-order valence-electron chi connectivity index (χ0n) is 11.5. The second-order valence-corrected chi connectivity index (χ2v) is 5.42. The number of rotatable bonds is 10. The quantitative estimate of drug-likeness (QED) is 0.276. The molecule has 98 valence electrons. The third-order valence-electron chi connectivity index (χ3n) is 2.71. The van der Waals surface area contributed by atoms with Crippen molar-refractivity contribution in [3.8, 4) is 0 Å². The third kappa shape index (κ3) is 31.4. The number of unbranched alkanes of at least 4 members (excludes halogenated alkanes) is 9. The molecular formula is C12H26NNaO3. The Balaban J connectivity index is 0. The Hall–Kier alpha value is 0.200. The van der Waals surface area contributed by atoms with Gasteiger partial charge in [0.1, 0.15) is 0 Å². The summed E-state index contributed by atoms with van der Waals surface area (Å²) in [6.45, 7) is 2.29. The molecule has 5 heteroatoms. The van der Waals surface area contributed by atoms with E-state index in [1.807, 2.05) is 0 Å². The Morgan fingerprint density at radius 1 is 0.941 bits per heavy atom. The van der Waals surface area contributed by atoms with Gasteiger partial charge in [-0.2, -0.15) is 0 Å². The molecule has 0 aromatic heterocycles. The van der Waals surface area contributed by atoms with Crippen LogP contribution in [0.4, 0.5) is 0 Å². The van der Waals surface area contributed by atoms with Crippen LogP contribution in [0.1, 0.15) is 71.1 Å². The molecule has 0 aliphatic carbocycles. The van der Waals surface area contributed by atoms with Gasteiger partial charge in [-0.15, -0.1) is 10.1 Å². The van der Waals surface area contributed by atoms with Gasteiger partial charge in [0, 0.05) is 0 Å². The first-order valence-electron chi connectivity index (χ1n) is 6.98. The number of nitrogens with zero attached hydrogens (tertiary/aromatic N) is 1. The van der Waals surface area contributed by atoms with E-state index in [1.165, 1.54) is 95.8 Å². The molecule has 0 saturated carbocycles. The largest absolute Gasteiger partial charge is 0.328 e. The van der Waals surface area contributed by atoms with Crippen LogP contribution >= 0.6 is 0 Å². The molecule has 0 amide bonds. The van der Waals surface area contributed by atoms with E-state index < -0.39 is 5.09 Å². The molecule has 0 radical (unpaired) electrons. The van der Waals surface area contributed by atoms with Crippen LogP contribution in [0.5, 0.6) is 0 Å². The van der Waals surface area contributed by atoms with E-state index in [4.69, 9.17) is 15.3 Å². The van der Waals surface area contributed by atoms with Crippen molar-refractivity contribution in [1.29, 1.82) is 0 Å². The molecular weight excluding hydrogens is 229 g/mol. The van der Waals surface area contributed by atoms with Crippen molar-refractivity contribution in [1.82, 2.24) is 0 Å². The Bertz CT molecular complexity index is 143. The fraction of sp³-hybridized carbons (Fsp3) is 1.00. The smallest absolute Gasteiger partial charge is 0.291 e. The maximum atomic E-state index is 8.36. The normalized spacial score (nSPS) is 9.59. The Morgan fingerprint density at radius 2 is 1.24 bits per heavy atom. The van der Waals surface area contributed by atoms with E-state index in [-0.39, 0.29) is 0 Å². The minimum atomic E-state index is -1.50. The van der Waals surface area contributed by atoms with E-state index >= 15 is 0 Å². The van der Waals surface area contributed by atoms with E-state index in [0.29, 0.717) is 0 Å². The van der Waals surface area contributed by atoms with Gasteiger partial charge < -0.3 is 5.21 Å². The summed E-state index contributed by atoms with van der Waals surface area (Å²) in [6, 6.07) is 0. The van der Waals surface area contributed by atoms with Crippen LogP contribution in [-0.2, 0) is 0 Å². The number of hydrogen-bond acceptors (Lipinski definition) is 2. The van der Waals surface area contributed by atoms with Gasteiger partial charge in [0.25, 0.3) is 5.09 Å². The van der Waals surface area contributed by atoms with Crippen molar-refractivity contribution in [3.63, 3.8) is 0 Å². The molecule has 0 aliphatic heterocycles. The van der Waals surface area contributed by atoms with E-state index in [2.05, 4.69) is 6.92 Å². The SMILES string of the molecule is CCCCCCCCCCC[CH2][Na].O=[N+]([O-])O. The Labute approximate surface area is 123 Å². The molecule has 0 rings (SSSR count). The van der Waals surface area contributed by atoms with Gasteiger partial charge in [-0.3, -0.25) is 0 Å². The molecule has 0 aromatic rings. The first-order chi connectivity index (χ1) is 8.15. The standard InChI is InChI=1S/C12H25.HNO3.Na/c1-3-5-7-9-11-12-10-8-6-4-2;2-1(3)4;/h1,3-12H2,2H3;(H,2,3,4);. The second-order valence-electron chi connectivity index (χ2n) is 4.42. The van der Waals surface area contributed by atoms with Crippen LogP contribution in [0, 0.1) is 10.1 Å². The van der Waals surface area contributed by atoms with Crippen LogP contribution in [0.2, 0.25) is 3.67 Å². The van der Waals surface area contributed by atoms with Gasteiger partial charge in [0.05, 0.1) is 0 Å². The first-order valence-corrected chi connectivity index (χ1v) is 8.39. The number of hydrogen-bond donors (Lipinski definition) is 1. The monoisotopic (exact) mass is 255 g/mol. The zero-order chi connectivity index (χ0) is 13.4. The van der Waals surface area contributed by atoms with Crippen molar-refractivity contribution in [2.24, 2.45) is 0 Å². The zero-order valence-corrected chi connectivity index (χ0v) is 13.5. The van der Waals surface area contributed by atoms with Gasteiger partial charge >= 0.3 is 103 Å². The average Bonchev–Trinajstić information content (AvgIpc) is 2.26. The summed E-state index contributed by atoms with van der Waals surface area (Å²) in [6.07, 6.45) is 14.7. The first kappa shape index (κ1) is 19.5. The van der Waals surface area contributed by atoms with Gasteiger partial charge in [0.2, 0.25) is 0 Å². The van der Waals surface area contributed by atoms with E-state index in [1.54, 1.807) is 0 Å². The molecule has 0 aromatic carbocycles. The van der Waals surface area contributed by atoms with Crippen molar-refractivity contribution in [3.05, 3.63) is 10.1 Å². The van der Waals surface area contributed by atoms with Crippen molar-refractivity contribution in [2.75, 3.05) is 0 Å². The maximum absolute atomic E-state index is 8.36. The van der Waals surface area contributed by atoms with Gasteiger partial charge in [-0.25, -0.2) is 0 Å². The van der Waals surface area contributed by atoms with Gasteiger partial charge in [-0.05, 0) is 0 Å². The Kier molecular flexibility index (Phi) is 21.3. The van der Waals surface area contributed by atoms with E-state index in [0.717, 1.165) is 0 Å². The average molecular weight is 255 g/mol. The molecule has 1 N–H and O–H groups in total. The van der Waals surface area contributed by atoms with Crippen molar-refractivity contribution in [2.45, 2.75) is 74.8 Å². The molecule has 0 saturated heterocycles. The molecule has 4 nitrogen and oxygen atoms in total. The van der Waals surface area contributed by atoms with Gasteiger partial charge in [0.15, 0.2) is 0 Å². The summed E-state index contributed by atoms with van der Waals surface area (Å²) in [4.78, 5) is 8.36. The predicted octanol–water partition coefficient (Wildman–Crippen LogP) is 4.15. The van der Waals surface area contributed by atoms with Crippen molar-refractivity contribution < 1.29 is 10.3 Å². The summed E-state index contributed by atoms with van der Waals surface area (Å²) in [7, 11) is 0. The van der Waals surface area contributed by atoms with Crippen LogP contribution < -0.4 is 0 Å². The topological polar surface area (TPSA) is 63.4 Å². The molecule has 0 atom stereocenters. The fourth-order valence-electron chi connectivity index (χ4n) is 1.74. The predicted molar refractivity (Wildman–Crippen MR) is 71.2 cm³/mol.